The van der Waals surface area contributed by atoms with E-state index >= 15 is 0 Å². The predicted molar refractivity (Wildman–Crippen MR) is 100 cm³/mol. The first-order chi connectivity index (χ1) is 13.5. The minimum atomic E-state index is -4.96. The van der Waals surface area contributed by atoms with Crippen LogP contribution in [-0.2, 0) is 16.2 Å². The Bertz CT molecular complexity index is 1120. The van der Waals surface area contributed by atoms with E-state index in [9.17, 15) is 26.0 Å². The van der Waals surface area contributed by atoms with Gasteiger partial charge in [-0.2, -0.15) is 18.3 Å². The Hall–Kier alpha value is -2.88. The third-order valence-electron chi connectivity index (χ3n) is 4.09. The second-order valence-corrected chi connectivity index (χ2v) is 8.23. The molecule has 5 nitrogen and oxygen atoms in total. The van der Waals surface area contributed by atoms with E-state index in [-0.39, 0.29) is 16.6 Å². The molecule has 0 atom stereocenters. The van der Waals surface area contributed by atoms with E-state index in [1.54, 1.807) is 44.2 Å². The standard InChI is InChI=1S/C19H17F4N3O2S/c1-12(2)26-11-17(18(24-26)13-6-4-3-5-7-13)29(27,28)25-14-8-9-16(20)15(10-14)19(21,22)23/h3-12,25H,1-2H3. The third-order valence-corrected chi connectivity index (χ3v) is 5.47. The molecule has 0 radical (unpaired) electrons. The number of benzene rings is 2. The zero-order valence-corrected chi connectivity index (χ0v) is 16.2. The molecule has 10 heteroatoms. The smallest absolute Gasteiger partial charge is 0.279 e. The van der Waals surface area contributed by atoms with E-state index in [2.05, 4.69) is 9.82 Å². The molecule has 0 fully saturated rings. The van der Waals surface area contributed by atoms with E-state index in [1.807, 2.05) is 0 Å². The molecule has 0 aliphatic rings. The summed E-state index contributed by atoms with van der Waals surface area (Å²) in [5, 5.41) is 4.32. The zero-order valence-electron chi connectivity index (χ0n) is 15.4. The van der Waals surface area contributed by atoms with Crippen LogP contribution in [0.2, 0.25) is 0 Å². The summed E-state index contributed by atoms with van der Waals surface area (Å²) in [7, 11) is -4.30. The molecule has 0 amide bonds. The van der Waals surface area contributed by atoms with E-state index in [0.717, 1.165) is 6.07 Å². The number of anilines is 1. The quantitative estimate of drug-likeness (QED) is 0.577. The summed E-state index contributed by atoms with van der Waals surface area (Å²) < 4.78 is 81.7. The Kier molecular flexibility index (Phi) is 5.40. The molecular formula is C19H17F4N3O2S. The number of hydrogen-bond donors (Lipinski definition) is 1. The van der Waals surface area contributed by atoms with Crippen LogP contribution in [0.5, 0.6) is 0 Å². The number of nitrogens with one attached hydrogen (secondary N) is 1. The number of alkyl halides is 3. The summed E-state index contributed by atoms with van der Waals surface area (Å²) in [6.45, 7) is 3.61. The molecule has 1 aromatic heterocycles. The number of sulfonamides is 1. The lowest BCUT2D eigenvalue weighted by Gasteiger charge is -2.12. The molecule has 0 spiro atoms. The van der Waals surface area contributed by atoms with Gasteiger partial charge in [0.25, 0.3) is 10.0 Å². The maximum Gasteiger partial charge on any atom is 0.419 e. The number of hydrogen-bond acceptors (Lipinski definition) is 3. The zero-order chi connectivity index (χ0) is 21.4. The predicted octanol–water partition coefficient (Wildman–Crippen LogP) is 5.09. The summed E-state index contributed by atoms with van der Waals surface area (Å²) >= 11 is 0. The molecule has 0 saturated heterocycles. The van der Waals surface area contributed by atoms with Gasteiger partial charge in [0.05, 0.1) is 5.56 Å². The lowest BCUT2D eigenvalue weighted by Crippen LogP contribution is -2.15. The van der Waals surface area contributed by atoms with Crippen molar-refractivity contribution < 1.29 is 26.0 Å². The Morgan fingerprint density at radius 2 is 1.72 bits per heavy atom. The van der Waals surface area contributed by atoms with Crippen LogP contribution in [0.3, 0.4) is 0 Å². The molecule has 154 valence electrons. The summed E-state index contributed by atoms with van der Waals surface area (Å²) in [5.74, 6) is -1.49. The summed E-state index contributed by atoms with van der Waals surface area (Å²) in [5.41, 5.74) is -1.28. The number of nitrogens with zero attached hydrogens (tertiary/aromatic N) is 2. The molecule has 3 rings (SSSR count). The SMILES string of the molecule is CC(C)n1cc(S(=O)(=O)Nc2ccc(F)c(C(F)(F)F)c2)c(-c2ccccc2)n1. The highest BCUT2D eigenvalue weighted by Gasteiger charge is 2.35. The average Bonchev–Trinajstić information content (AvgIpc) is 3.10. The molecule has 1 N–H and O–H groups in total. The van der Waals surface area contributed by atoms with Crippen LogP contribution in [0.4, 0.5) is 23.2 Å². The van der Waals surface area contributed by atoms with Gasteiger partial charge in [0.1, 0.15) is 16.4 Å². The second-order valence-electron chi connectivity index (χ2n) is 6.58. The van der Waals surface area contributed by atoms with Crippen LogP contribution < -0.4 is 4.72 Å². The summed E-state index contributed by atoms with van der Waals surface area (Å²) in [6.07, 6.45) is -3.65. The molecule has 0 unspecified atom stereocenters. The molecule has 0 bridgehead atoms. The number of halogens is 4. The average molecular weight is 427 g/mol. The molecule has 1 heterocycles. The minimum absolute atomic E-state index is 0.149. The first kappa shape index (κ1) is 20.8. The van der Waals surface area contributed by atoms with Gasteiger partial charge in [-0.3, -0.25) is 9.40 Å². The van der Waals surface area contributed by atoms with E-state index in [1.165, 1.54) is 10.9 Å². The number of aromatic nitrogens is 2. The molecule has 0 aliphatic carbocycles. The van der Waals surface area contributed by atoms with Gasteiger partial charge in [-0.1, -0.05) is 30.3 Å². The van der Waals surface area contributed by atoms with Crippen molar-refractivity contribution in [2.75, 3.05) is 4.72 Å². The van der Waals surface area contributed by atoms with Crippen LogP contribution in [0.15, 0.2) is 59.6 Å². The van der Waals surface area contributed by atoms with Gasteiger partial charge in [-0.05, 0) is 32.0 Å². The molecule has 29 heavy (non-hydrogen) atoms. The van der Waals surface area contributed by atoms with Gasteiger partial charge in [-0.15, -0.1) is 0 Å². The Labute approximate surface area is 165 Å². The van der Waals surface area contributed by atoms with Crippen molar-refractivity contribution in [1.82, 2.24) is 9.78 Å². The maximum atomic E-state index is 13.5. The molecule has 0 saturated carbocycles. The minimum Gasteiger partial charge on any atom is -0.279 e. The summed E-state index contributed by atoms with van der Waals surface area (Å²) in [6, 6.07) is 10.3. The van der Waals surface area contributed by atoms with Crippen molar-refractivity contribution in [2.45, 2.75) is 31.0 Å². The topological polar surface area (TPSA) is 64.0 Å². The van der Waals surface area contributed by atoms with Crippen molar-refractivity contribution in [3.8, 4) is 11.3 Å². The molecule has 2 aromatic carbocycles. The maximum absolute atomic E-state index is 13.5. The highest BCUT2D eigenvalue weighted by atomic mass is 32.2. The first-order valence-electron chi connectivity index (χ1n) is 8.53. The van der Waals surface area contributed by atoms with Crippen LogP contribution >= 0.6 is 0 Å². The van der Waals surface area contributed by atoms with Crippen LogP contribution in [0.25, 0.3) is 11.3 Å². The van der Waals surface area contributed by atoms with Crippen LogP contribution in [-0.4, -0.2) is 18.2 Å². The van der Waals surface area contributed by atoms with E-state index in [4.69, 9.17) is 0 Å². The normalized spacial score (nSPS) is 12.4. The molecule has 0 aliphatic heterocycles. The largest absolute Gasteiger partial charge is 0.419 e. The van der Waals surface area contributed by atoms with Crippen molar-refractivity contribution >= 4 is 15.7 Å². The van der Waals surface area contributed by atoms with E-state index < -0.39 is 33.3 Å². The summed E-state index contributed by atoms with van der Waals surface area (Å²) in [4.78, 5) is -0.199. The van der Waals surface area contributed by atoms with Gasteiger partial charge in [0, 0.05) is 23.5 Å². The second kappa shape index (κ2) is 7.51. The van der Waals surface area contributed by atoms with Crippen molar-refractivity contribution in [3.63, 3.8) is 0 Å². The van der Waals surface area contributed by atoms with Crippen LogP contribution in [0, 0.1) is 5.82 Å². The van der Waals surface area contributed by atoms with Gasteiger partial charge in [0.15, 0.2) is 0 Å². The van der Waals surface area contributed by atoms with Gasteiger partial charge < -0.3 is 0 Å². The monoisotopic (exact) mass is 427 g/mol. The highest BCUT2D eigenvalue weighted by Crippen LogP contribution is 2.34. The molecular weight excluding hydrogens is 410 g/mol. The Morgan fingerprint density at radius 1 is 1.07 bits per heavy atom. The van der Waals surface area contributed by atoms with Crippen molar-refractivity contribution in [2.24, 2.45) is 0 Å². The Morgan fingerprint density at radius 3 is 2.31 bits per heavy atom. The van der Waals surface area contributed by atoms with Crippen molar-refractivity contribution in [1.29, 1.82) is 0 Å². The fourth-order valence-electron chi connectivity index (χ4n) is 2.65. The third kappa shape index (κ3) is 4.42. The first-order valence-corrected chi connectivity index (χ1v) is 10.0. The van der Waals surface area contributed by atoms with Gasteiger partial charge in [-0.25, -0.2) is 12.8 Å². The van der Waals surface area contributed by atoms with Crippen LogP contribution in [0.1, 0.15) is 25.5 Å². The van der Waals surface area contributed by atoms with E-state index in [0.29, 0.717) is 17.7 Å². The van der Waals surface area contributed by atoms with Gasteiger partial charge in [0.2, 0.25) is 0 Å². The number of rotatable bonds is 5. The fraction of sp³-hybridized carbons (Fsp3) is 0.211. The fourth-order valence-corrected chi connectivity index (χ4v) is 3.86. The van der Waals surface area contributed by atoms with Crippen molar-refractivity contribution in [3.05, 3.63) is 66.1 Å². The molecule has 3 aromatic rings. The highest BCUT2D eigenvalue weighted by molar-refractivity contribution is 7.92. The van der Waals surface area contributed by atoms with Gasteiger partial charge >= 0.3 is 6.18 Å². The lowest BCUT2D eigenvalue weighted by molar-refractivity contribution is -0.139. The Balaban J connectivity index is 2.07. The lowest BCUT2D eigenvalue weighted by atomic mass is 10.2.